The van der Waals surface area contributed by atoms with Crippen LogP contribution in [0.1, 0.15) is 28.7 Å². The minimum absolute atomic E-state index is 0.0349. The van der Waals surface area contributed by atoms with E-state index < -0.39 is 0 Å². The standard InChI is InChI=1S/C12H12ClN3O2S/c1-2-3-8-11(19-16-15-8)12(18)14-9-6-7(13)4-5-10(9)17/h4-6,17H,2-3H2,1H3,(H,14,18). The number of nitrogens with one attached hydrogen (secondary N) is 1. The molecular formula is C12H12ClN3O2S. The van der Waals surface area contributed by atoms with Gasteiger partial charge in [0.15, 0.2) is 0 Å². The Bertz CT molecular complexity index is 600. The summed E-state index contributed by atoms with van der Waals surface area (Å²) in [5, 5.41) is 16.6. The molecular weight excluding hydrogens is 286 g/mol. The summed E-state index contributed by atoms with van der Waals surface area (Å²) >= 11 is 6.86. The first-order chi connectivity index (χ1) is 9.11. The Morgan fingerprint density at radius 2 is 2.32 bits per heavy atom. The molecule has 0 bridgehead atoms. The number of aromatic nitrogens is 2. The van der Waals surface area contributed by atoms with E-state index in [1.54, 1.807) is 6.07 Å². The Balaban J connectivity index is 2.21. The van der Waals surface area contributed by atoms with Crippen LogP contribution >= 0.6 is 23.1 Å². The second-order valence-corrected chi connectivity index (χ2v) is 5.10. The van der Waals surface area contributed by atoms with E-state index in [4.69, 9.17) is 11.6 Å². The summed E-state index contributed by atoms with van der Waals surface area (Å²) in [4.78, 5) is 12.6. The molecule has 0 aliphatic heterocycles. The van der Waals surface area contributed by atoms with Crippen molar-refractivity contribution in [3.63, 3.8) is 0 Å². The van der Waals surface area contributed by atoms with Crippen molar-refractivity contribution < 1.29 is 9.90 Å². The van der Waals surface area contributed by atoms with Gasteiger partial charge in [0, 0.05) is 5.02 Å². The number of nitrogens with zero attached hydrogens (tertiary/aromatic N) is 2. The molecule has 1 heterocycles. The number of carbonyl (C=O) groups excluding carboxylic acids is 1. The second-order valence-electron chi connectivity index (χ2n) is 3.91. The topological polar surface area (TPSA) is 75.1 Å². The van der Waals surface area contributed by atoms with Gasteiger partial charge in [-0.05, 0) is 36.2 Å². The number of hydrogen-bond acceptors (Lipinski definition) is 5. The van der Waals surface area contributed by atoms with E-state index in [0.29, 0.717) is 22.0 Å². The Hall–Kier alpha value is -1.66. The van der Waals surface area contributed by atoms with E-state index >= 15 is 0 Å². The van der Waals surface area contributed by atoms with E-state index in [1.165, 1.54) is 12.1 Å². The number of carbonyl (C=O) groups is 1. The molecule has 19 heavy (non-hydrogen) atoms. The number of phenols is 1. The van der Waals surface area contributed by atoms with Gasteiger partial charge in [-0.1, -0.05) is 29.4 Å². The number of amides is 1. The smallest absolute Gasteiger partial charge is 0.269 e. The number of hydrogen-bond donors (Lipinski definition) is 2. The van der Waals surface area contributed by atoms with Gasteiger partial charge in [0.25, 0.3) is 5.91 Å². The first kappa shape index (κ1) is 13.8. The van der Waals surface area contributed by atoms with Crippen LogP contribution in [-0.2, 0) is 6.42 Å². The van der Waals surface area contributed by atoms with Crippen LogP contribution in [0.15, 0.2) is 18.2 Å². The van der Waals surface area contributed by atoms with Gasteiger partial charge in [-0.25, -0.2) is 0 Å². The third kappa shape index (κ3) is 3.21. The van der Waals surface area contributed by atoms with Crippen LogP contribution in [0.3, 0.4) is 0 Å². The monoisotopic (exact) mass is 297 g/mol. The molecule has 0 fully saturated rings. The fourth-order valence-electron chi connectivity index (χ4n) is 1.57. The Morgan fingerprint density at radius 1 is 1.53 bits per heavy atom. The van der Waals surface area contributed by atoms with Crippen molar-refractivity contribution in [1.29, 1.82) is 0 Å². The molecule has 5 nitrogen and oxygen atoms in total. The van der Waals surface area contributed by atoms with Crippen molar-refractivity contribution >= 4 is 34.7 Å². The molecule has 0 spiro atoms. The minimum Gasteiger partial charge on any atom is -0.506 e. The van der Waals surface area contributed by atoms with Crippen LogP contribution in [0.4, 0.5) is 5.69 Å². The first-order valence-corrected chi connectivity index (χ1v) is 6.88. The average molecular weight is 298 g/mol. The summed E-state index contributed by atoms with van der Waals surface area (Å²) in [7, 11) is 0. The maximum Gasteiger partial charge on any atom is 0.269 e. The molecule has 0 aliphatic carbocycles. The zero-order valence-corrected chi connectivity index (χ0v) is 11.8. The molecule has 1 amide bonds. The lowest BCUT2D eigenvalue weighted by molar-refractivity contribution is 0.102. The van der Waals surface area contributed by atoms with Crippen molar-refractivity contribution in [2.45, 2.75) is 19.8 Å². The van der Waals surface area contributed by atoms with Gasteiger partial charge in [-0.15, -0.1) is 5.10 Å². The summed E-state index contributed by atoms with van der Waals surface area (Å²) in [5.41, 5.74) is 0.944. The van der Waals surface area contributed by atoms with E-state index in [2.05, 4.69) is 14.9 Å². The lowest BCUT2D eigenvalue weighted by Gasteiger charge is -2.06. The van der Waals surface area contributed by atoms with Gasteiger partial charge in [0.05, 0.1) is 11.4 Å². The van der Waals surface area contributed by atoms with Crippen molar-refractivity contribution in [3.8, 4) is 5.75 Å². The summed E-state index contributed by atoms with van der Waals surface area (Å²) in [6.45, 7) is 2.00. The molecule has 0 aliphatic rings. The molecule has 0 unspecified atom stereocenters. The molecule has 0 saturated carbocycles. The molecule has 7 heteroatoms. The summed E-state index contributed by atoms with van der Waals surface area (Å²) in [5.74, 6) is -0.372. The molecule has 2 N–H and O–H groups in total. The Labute approximate surface area is 119 Å². The van der Waals surface area contributed by atoms with Crippen LogP contribution in [-0.4, -0.2) is 20.6 Å². The Kier molecular flexibility index (Phi) is 4.34. The van der Waals surface area contributed by atoms with E-state index in [0.717, 1.165) is 18.0 Å². The molecule has 0 saturated heterocycles. The first-order valence-electron chi connectivity index (χ1n) is 5.73. The van der Waals surface area contributed by atoms with Crippen molar-refractivity contribution in [2.24, 2.45) is 0 Å². The zero-order valence-electron chi connectivity index (χ0n) is 10.2. The SMILES string of the molecule is CCCc1nnsc1C(=O)Nc1cc(Cl)ccc1O. The van der Waals surface area contributed by atoms with Gasteiger partial charge in [0.1, 0.15) is 10.6 Å². The van der Waals surface area contributed by atoms with Crippen LogP contribution < -0.4 is 5.32 Å². The highest BCUT2D eigenvalue weighted by molar-refractivity contribution is 7.08. The highest BCUT2D eigenvalue weighted by Gasteiger charge is 2.17. The van der Waals surface area contributed by atoms with Gasteiger partial charge in [-0.3, -0.25) is 4.79 Å². The van der Waals surface area contributed by atoms with Crippen molar-refractivity contribution in [3.05, 3.63) is 33.8 Å². The third-order valence-corrected chi connectivity index (χ3v) is 3.46. The second kappa shape index (κ2) is 5.99. The highest BCUT2D eigenvalue weighted by Crippen LogP contribution is 2.27. The molecule has 0 radical (unpaired) electrons. The maximum atomic E-state index is 12.1. The van der Waals surface area contributed by atoms with E-state index in [-0.39, 0.29) is 17.3 Å². The lowest BCUT2D eigenvalue weighted by Crippen LogP contribution is -2.12. The fourth-order valence-corrected chi connectivity index (χ4v) is 2.34. The predicted molar refractivity (Wildman–Crippen MR) is 75.0 cm³/mol. The van der Waals surface area contributed by atoms with Crippen LogP contribution in [0.5, 0.6) is 5.75 Å². The largest absolute Gasteiger partial charge is 0.506 e. The minimum atomic E-state index is -0.337. The third-order valence-electron chi connectivity index (χ3n) is 2.46. The van der Waals surface area contributed by atoms with Crippen LogP contribution in [0.2, 0.25) is 5.02 Å². The fraction of sp³-hybridized carbons (Fsp3) is 0.250. The number of benzene rings is 1. The summed E-state index contributed by atoms with van der Waals surface area (Å²) < 4.78 is 3.79. The molecule has 1 aromatic carbocycles. The molecule has 1 aromatic heterocycles. The van der Waals surface area contributed by atoms with Crippen LogP contribution in [0, 0.1) is 0 Å². The van der Waals surface area contributed by atoms with E-state index in [1.807, 2.05) is 6.92 Å². The number of halogens is 1. The predicted octanol–water partition coefficient (Wildman–Crippen LogP) is 3.10. The zero-order chi connectivity index (χ0) is 13.8. The molecule has 2 rings (SSSR count). The number of phenolic OH excluding ortho intramolecular Hbond substituents is 1. The molecule has 0 atom stereocenters. The molecule has 2 aromatic rings. The van der Waals surface area contributed by atoms with Gasteiger partial charge in [0.2, 0.25) is 0 Å². The average Bonchev–Trinajstić information content (AvgIpc) is 2.82. The number of rotatable bonds is 4. The van der Waals surface area contributed by atoms with Gasteiger partial charge >= 0.3 is 0 Å². The van der Waals surface area contributed by atoms with Crippen molar-refractivity contribution in [1.82, 2.24) is 9.59 Å². The quantitative estimate of drug-likeness (QED) is 0.850. The number of aryl methyl sites for hydroxylation is 1. The summed E-state index contributed by atoms with van der Waals surface area (Å²) in [6.07, 6.45) is 1.58. The normalized spacial score (nSPS) is 10.4. The Morgan fingerprint density at radius 3 is 3.05 bits per heavy atom. The summed E-state index contributed by atoms with van der Waals surface area (Å²) in [6, 6.07) is 4.46. The van der Waals surface area contributed by atoms with Gasteiger partial charge in [-0.2, -0.15) is 0 Å². The van der Waals surface area contributed by atoms with Crippen molar-refractivity contribution in [2.75, 3.05) is 5.32 Å². The lowest BCUT2D eigenvalue weighted by atomic mass is 10.2. The maximum absolute atomic E-state index is 12.1. The van der Waals surface area contributed by atoms with Crippen LogP contribution in [0.25, 0.3) is 0 Å². The number of aromatic hydroxyl groups is 1. The molecule has 100 valence electrons. The number of anilines is 1. The van der Waals surface area contributed by atoms with E-state index in [9.17, 15) is 9.90 Å². The van der Waals surface area contributed by atoms with Gasteiger partial charge < -0.3 is 10.4 Å². The highest BCUT2D eigenvalue weighted by atomic mass is 35.5.